The first-order chi connectivity index (χ1) is 21.0. The lowest BCUT2D eigenvalue weighted by Gasteiger charge is -2.53. The van der Waals surface area contributed by atoms with E-state index in [9.17, 15) is 0 Å². The van der Waals surface area contributed by atoms with E-state index in [0.29, 0.717) is 0 Å². The number of aryl methyl sites for hydroxylation is 3. The van der Waals surface area contributed by atoms with E-state index in [1.165, 1.54) is 104 Å². The minimum atomic E-state index is -2.34. The summed E-state index contributed by atoms with van der Waals surface area (Å²) in [6.07, 6.45) is 8.03. The Labute approximate surface area is 282 Å². The van der Waals surface area contributed by atoms with Crippen LogP contribution in [-0.4, -0.2) is 31.1 Å². The fraction of sp³-hybridized carbons (Fsp3) is 0.500. The Morgan fingerprint density at radius 1 is 0.523 bits per heavy atom. The molecule has 3 heterocycles. The maximum Gasteiger partial charge on any atom is 0.0751 e. The standard InChI is InChI=1S/C36H49N2P3S3/c1-8-13-16-25-19-28-34-29(20-25)40(7,43)31-22-27(18-15-10-3)24-33-36(31)38(34)35-30(39(28,6)42)21-26(17-14-9-2)23-32(35)41(33,44)37(11-4)12-5/h19-24H,8-18H2,1-7H3. The normalized spacial score (nSPS) is 24.1. The molecule has 6 rings (SSSR count). The molecule has 0 aliphatic carbocycles. The Kier molecular flexibility index (Phi) is 9.40. The molecule has 0 aromatic heterocycles. The molecule has 8 heteroatoms. The summed E-state index contributed by atoms with van der Waals surface area (Å²) in [6, 6.07) is 10.9. The third kappa shape index (κ3) is 4.89. The fourth-order valence-corrected chi connectivity index (χ4v) is 19.2. The third-order valence-corrected chi connectivity index (χ3v) is 22.8. The molecule has 3 aliphatic heterocycles. The van der Waals surface area contributed by atoms with Crippen LogP contribution in [-0.2, 0) is 54.7 Å². The molecule has 44 heavy (non-hydrogen) atoms. The molecule has 0 amide bonds. The number of rotatable bonds is 12. The second-order valence-corrected chi connectivity index (χ2v) is 27.4. The lowest BCUT2D eigenvalue weighted by molar-refractivity contribution is 0.513. The van der Waals surface area contributed by atoms with Crippen molar-refractivity contribution in [3.63, 3.8) is 0 Å². The van der Waals surface area contributed by atoms with E-state index in [0.717, 1.165) is 32.4 Å². The van der Waals surface area contributed by atoms with E-state index in [4.69, 9.17) is 35.4 Å². The van der Waals surface area contributed by atoms with E-state index < -0.39 is 18.3 Å². The highest BCUT2D eigenvalue weighted by molar-refractivity contribution is 8.24. The quantitative estimate of drug-likeness (QED) is 0.177. The van der Waals surface area contributed by atoms with Crippen LogP contribution < -0.4 is 36.7 Å². The summed E-state index contributed by atoms with van der Waals surface area (Å²) in [5.41, 5.74) is 8.29. The summed E-state index contributed by atoms with van der Waals surface area (Å²) >= 11 is 20.9. The molecule has 0 radical (unpaired) electrons. The van der Waals surface area contributed by atoms with Crippen molar-refractivity contribution in [2.75, 3.05) is 31.3 Å². The highest BCUT2D eigenvalue weighted by Crippen LogP contribution is 2.65. The van der Waals surface area contributed by atoms with Gasteiger partial charge in [0.25, 0.3) is 0 Å². The van der Waals surface area contributed by atoms with Crippen molar-refractivity contribution < 1.29 is 0 Å². The maximum absolute atomic E-state index is 7.18. The van der Waals surface area contributed by atoms with Gasteiger partial charge in [0.1, 0.15) is 0 Å². The molecule has 0 spiro atoms. The zero-order chi connectivity index (χ0) is 31.6. The minimum absolute atomic E-state index is 0.943. The van der Waals surface area contributed by atoms with Crippen molar-refractivity contribution in [3.05, 3.63) is 53.1 Å². The predicted molar refractivity (Wildman–Crippen MR) is 212 cm³/mol. The van der Waals surface area contributed by atoms with Crippen LogP contribution in [0.5, 0.6) is 0 Å². The van der Waals surface area contributed by atoms with Crippen LogP contribution in [0.1, 0.15) is 89.8 Å². The van der Waals surface area contributed by atoms with Crippen molar-refractivity contribution in [1.29, 1.82) is 0 Å². The number of benzene rings is 3. The van der Waals surface area contributed by atoms with Crippen LogP contribution in [0, 0.1) is 0 Å². The summed E-state index contributed by atoms with van der Waals surface area (Å²) in [5, 5.41) is 8.34. The molecular weight excluding hydrogens is 650 g/mol. The number of nitrogens with zero attached hydrogens (tertiary/aromatic N) is 2. The van der Waals surface area contributed by atoms with Gasteiger partial charge in [-0.25, -0.2) is 0 Å². The topological polar surface area (TPSA) is 6.48 Å². The second kappa shape index (κ2) is 12.4. The van der Waals surface area contributed by atoms with Crippen molar-refractivity contribution in [2.24, 2.45) is 0 Å². The van der Waals surface area contributed by atoms with Gasteiger partial charge in [0.15, 0.2) is 0 Å². The van der Waals surface area contributed by atoms with Gasteiger partial charge < -0.3 is 4.90 Å². The molecular formula is C36H49N2P3S3. The SMILES string of the molecule is CCCCc1cc2c3c(c1)P(C)(=S)c1cc(CCCC)cc4c1N3c1c(cc(CCCC)cc1P4(=S)N(CC)CC)P2(C)=S. The van der Waals surface area contributed by atoms with Crippen molar-refractivity contribution in [2.45, 2.75) is 92.4 Å². The van der Waals surface area contributed by atoms with Gasteiger partial charge in [-0.15, -0.1) is 0 Å². The molecule has 236 valence electrons. The van der Waals surface area contributed by atoms with Crippen LogP contribution in [0.3, 0.4) is 0 Å². The van der Waals surface area contributed by atoms with Gasteiger partial charge in [0.2, 0.25) is 0 Å². The molecule has 0 fully saturated rings. The zero-order valence-corrected chi connectivity index (χ0v) is 32.8. The lowest BCUT2D eigenvalue weighted by Crippen LogP contribution is -2.52. The largest absolute Gasteiger partial charge is 0.306 e. The predicted octanol–water partition coefficient (Wildman–Crippen LogP) is 7.93. The van der Waals surface area contributed by atoms with Crippen LogP contribution in [0.2, 0.25) is 0 Å². The number of hydrogen-bond acceptors (Lipinski definition) is 4. The van der Waals surface area contributed by atoms with Crippen LogP contribution in [0.15, 0.2) is 36.4 Å². The van der Waals surface area contributed by atoms with Gasteiger partial charge in [-0.2, -0.15) is 0 Å². The monoisotopic (exact) mass is 698 g/mol. The molecule has 0 bridgehead atoms. The third-order valence-electron chi connectivity index (χ3n) is 10.1. The van der Waals surface area contributed by atoms with Crippen molar-refractivity contribution >= 4 is 103 Å². The second-order valence-electron chi connectivity index (χ2n) is 13.2. The van der Waals surface area contributed by atoms with Gasteiger partial charge >= 0.3 is 0 Å². The molecule has 2 unspecified atom stereocenters. The molecule has 0 N–H and O–H groups in total. The van der Waals surface area contributed by atoms with E-state index in [2.05, 4.69) is 93.9 Å². The highest BCUT2D eigenvalue weighted by Gasteiger charge is 2.51. The van der Waals surface area contributed by atoms with Crippen LogP contribution in [0.25, 0.3) is 0 Å². The molecule has 0 saturated heterocycles. The van der Waals surface area contributed by atoms with Gasteiger partial charge in [-0.05, 0) is 105 Å². The van der Waals surface area contributed by atoms with Gasteiger partial charge in [-0.3, -0.25) is 4.67 Å². The van der Waals surface area contributed by atoms with Crippen LogP contribution >= 0.6 is 18.3 Å². The molecule has 3 aliphatic rings. The number of anilines is 3. The van der Waals surface area contributed by atoms with E-state index >= 15 is 0 Å². The Bertz CT molecular complexity index is 1680. The Morgan fingerprint density at radius 2 is 0.818 bits per heavy atom. The minimum Gasteiger partial charge on any atom is -0.306 e. The van der Waals surface area contributed by atoms with Crippen molar-refractivity contribution in [3.8, 4) is 0 Å². The average molecular weight is 699 g/mol. The maximum atomic E-state index is 7.18. The fourth-order valence-electron chi connectivity index (χ4n) is 7.66. The first-order valence-corrected chi connectivity index (χ1v) is 26.1. The average Bonchev–Trinajstić information content (AvgIpc) is 3.01. The van der Waals surface area contributed by atoms with E-state index in [1.54, 1.807) is 0 Å². The van der Waals surface area contributed by atoms with Gasteiger partial charge in [-0.1, -0.05) is 89.3 Å². The smallest absolute Gasteiger partial charge is 0.0751 e. The number of unbranched alkanes of at least 4 members (excludes halogenated alkanes) is 3. The van der Waals surface area contributed by atoms with Crippen LogP contribution in [0.4, 0.5) is 17.1 Å². The Balaban J connectivity index is 1.80. The van der Waals surface area contributed by atoms with Gasteiger partial charge in [0.05, 0.1) is 23.3 Å². The zero-order valence-electron chi connectivity index (χ0n) is 27.7. The van der Waals surface area contributed by atoms with Gasteiger partial charge in [0, 0.05) is 57.0 Å². The Hall–Kier alpha value is -0.630. The Morgan fingerprint density at radius 3 is 1.11 bits per heavy atom. The molecule has 2 atom stereocenters. The molecule has 0 saturated carbocycles. The highest BCUT2D eigenvalue weighted by atomic mass is 32.4. The molecule has 2 nitrogen and oxygen atoms in total. The van der Waals surface area contributed by atoms with E-state index in [-0.39, 0.29) is 0 Å². The summed E-state index contributed by atoms with van der Waals surface area (Å²) in [5.74, 6) is 0. The first-order valence-electron chi connectivity index (χ1n) is 16.8. The number of hydrogen-bond donors (Lipinski definition) is 0. The summed E-state index contributed by atoms with van der Waals surface area (Å²) in [7, 11) is 0. The van der Waals surface area contributed by atoms with Crippen molar-refractivity contribution in [1.82, 2.24) is 4.67 Å². The summed E-state index contributed by atoms with van der Waals surface area (Å²) in [4.78, 5) is 2.66. The van der Waals surface area contributed by atoms with E-state index in [1.807, 2.05) is 0 Å². The molecule has 3 aromatic carbocycles. The lowest BCUT2D eigenvalue weighted by atomic mass is 10.0. The molecule has 3 aromatic rings. The summed E-state index contributed by atoms with van der Waals surface area (Å²) < 4.78 is 2.63. The first kappa shape index (κ1) is 33.3. The summed E-state index contributed by atoms with van der Waals surface area (Å²) in [6.45, 7) is 18.2.